The second-order valence-electron chi connectivity index (χ2n) is 5.27. The maximum Gasteiger partial charge on any atom is 0.215 e. The van der Waals surface area contributed by atoms with Gasteiger partial charge in [-0.1, -0.05) is 12.1 Å². The van der Waals surface area contributed by atoms with Gasteiger partial charge in [-0.25, -0.2) is 13.1 Å². The molecule has 21 heavy (non-hydrogen) atoms. The fourth-order valence-corrected chi connectivity index (χ4v) is 3.14. The minimum Gasteiger partial charge on any atom is -0.490 e. The van der Waals surface area contributed by atoms with E-state index in [0.717, 1.165) is 19.3 Å². The number of ether oxygens (including phenoxy) is 2. The summed E-state index contributed by atoms with van der Waals surface area (Å²) in [5.74, 6) is 0.390. The molecule has 2 rings (SSSR count). The number of rotatable bonds is 8. The summed E-state index contributed by atoms with van der Waals surface area (Å²) in [4.78, 5) is 0. The highest BCUT2D eigenvalue weighted by Crippen LogP contribution is 2.34. The Morgan fingerprint density at radius 3 is 2.62 bits per heavy atom. The van der Waals surface area contributed by atoms with Gasteiger partial charge in [-0.2, -0.15) is 0 Å². The molecule has 0 spiro atoms. The number of methoxy groups -OCH3 is 1. The fraction of sp³-hybridized carbons (Fsp3) is 0.571. The molecule has 0 heterocycles. The molecule has 0 saturated heterocycles. The highest BCUT2D eigenvalue weighted by molar-refractivity contribution is 7.89. The maximum absolute atomic E-state index is 11.9. The third kappa shape index (κ3) is 4.33. The molecule has 0 unspecified atom stereocenters. The van der Waals surface area contributed by atoms with Crippen LogP contribution in [0.2, 0.25) is 0 Å². The van der Waals surface area contributed by atoms with Crippen LogP contribution >= 0.6 is 0 Å². The lowest BCUT2D eigenvalue weighted by molar-refractivity contribution is -0.0659. The van der Waals surface area contributed by atoms with Crippen LogP contribution in [0.5, 0.6) is 5.75 Å². The molecule has 0 aliphatic heterocycles. The number of anilines is 1. The Morgan fingerprint density at radius 1 is 1.33 bits per heavy atom. The second kappa shape index (κ2) is 6.64. The molecule has 1 aromatic rings. The van der Waals surface area contributed by atoms with Crippen LogP contribution in [0, 0.1) is 0 Å². The summed E-state index contributed by atoms with van der Waals surface area (Å²) in [5, 5.41) is 0. The normalized spacial score (nSPS) is 17.2. The van der Waals surface area contributed by atoms with E-state index < -0.39 is 10.0 Å². The van der Waals surface area contributed by atoms with E-state index in [1.54, 1.807) is 31.4 Å². The van der Waals surface area contributed by atoms with Crippen molar-refractivity contribution in [2.45, 2.75) is 24.9 Å². The first-order chi connectivity index (χ1) is 9.96. The number of nitrogen functional groups attached to an aromatic ring is 1. The Labute approximate surface area is 125 Å². The smallest absolute Gasteiger partial charge is 0.215 e. The number of para-hydroxylation sites is 2. The van der Waals surface area contributed by atoms with Crippen molar-refractivity contribution in [1.29, 1.82) is 0 Å². The van der Waals surface area contributed by atoms with Gasteiger partial charge in [0.05, 0.1) is 17.0 Å². The second-order valence-corrected chi connectivity index (χ2v) is 7.19. The zero-order valence-electron chi connectivity index (χ0n) is 12.2. The van der Waals surface area contributed by atoms with Gasteiger partial charge in [0, 0.05) is 13.7 Å². The first-order valence-electron chi connectivity index (χ1n) is 6.96. The van der Waals surface area contributed by atoms with E-state index in [0.29, 0.717) is 18.0 Å². The van der Waals surface area contributed by atoms with Crippen molar-refractivity contribution < 1.29 is 17.9 Å². The number of nitrogens with two attached hydrogens (primary N) is 1. The Balaban J connectivity index is 1.78. The van der Waals surface area contributed by atoms with Crippen molar-refractivity contribution in [3.05, 3.63) is 24.3 Å². The third-order valence-electron chi connectivity index (χ3n) is 3.84. The standard InChI is InChI=1S/C14H22N2O4S/c1-19-14(7-4-8-14)11-16-21(17,18)10-9-20-13-6-3-2-5-12(13)15/h2-3,5-6,16H,4,7-11,15H2,1H3. The molecule has 118 valence electrons. The van der Waals surface area contributed by atoms with Crippen molar-refractivity contribution in [2.24, 2.45) is 0 Å². The SMILES string of the molecule is COC1(CNS(=O)(=O)CCOc2ccccc2N)CCC1. The number of hydrogen-bond donors (Lipinski definition) is 2. The van der Waals surface area contributed by atoms with Crippen LogP contribution in [0.3, 0.4) is 0 Å². The Morgan fingerprint density at radius 2 is 2.05 bits per heavy atom. The van der Waals surface area contributed by atoms with Gasteiger partial charge in [-0.05, 0) is 31.4 Å². The van der Waals surface area contributed by atoms with E-state index >= 15 is 0 Å². The molecule has 1 saturated carbocycles. The highest BCUT2D eigenvalue weighted by Gasteiger charge is 2.37. The van der Waals surface area contributed by atoms with Crippen LogP contribution in [0.1, 0.15) is 19.3 Å². The molecule has 6 nitrogen and oxygen atoms in total. The van der Waals surface area contributed by atoms with Gasteiger partial charge in [0.2, 0.25) is 10.0 Å². The molecule has 1 aliphatic carbocycles. The number of hydrogen-bond acceptors (Lipinski definition) is 5. The topological polar surface area (TPSA) is 90.6 Å². The van der Waals surface area contributed by atoms with Crippen molar-refractivity contribution in [3.8, 4) is 5.75 Å². The molecule has 0 amide bonds. The van der Waals surface area contributed by atoms with E-state index in [9.17, 15) is 8.42 Å². The van der Waals surface area contributed by atoms with Crippen LogP contribution in [-0.2, 0) is 14.8 Å². The summed E-state index contributed by atoms with van der Waals surface area (Å²) in [6.07, 6.45) is 2.86. The first kappa shape index (κ1) is 16.1. The predicted molar refractivity (Wildman–Crippen MR) is 81.7 cm³/mol. The summed E-state index contributed by atoms with van der Waals surface area (Å²) < 4.78 is 37.2. The molecular weight excluding hydrogens is 292 g/mol. The lowest BCUT2D eigenvalue weighted by Gasteiger charge is -2.40. The monoisotopic (exact) mass is 314 g/mol. The summed E-state index contributed by atoms with van der Waals surface area (Å²) in [6, 6.07) is 7.01. The van der Waals surface area contributed by atoms with E-state index in [-0.39, 0.29) is 18.0 Å². The minimum atomic E-state index is -3.38. The maximum atomic E-state index is 11.9. The molecule has 0 aromatic heterocycles. The summed E-state index contributed by atoms with van der Waals surface area (Å²) in [5.41, 5.74) is 5.90. The van der Waals surface area contributed by atoms with Gasteiger partial charge < -0.3 is 15.2 Å². The molecule has 0 bridgehead atoms. The quantitative estimate of drug-likeness (QED) is 0.702. The summed E-state index contributed by atoms with van der Waals surface area (Å²) in [6.45, 7) is 0.378. The van der Waals surface area contributed by atoms with Gasteiger partial charge >= 0.3 is 0 Å². The van der Waals surface area contributed by atoms with Crippen LogP contribution in [0.15, 0.2) is 24.3 Å². The van der Waals surface area contributed by atoms with Gasteiger partial charge in [-0.15, -0.1) is 0 Å². The molecule has 7 heteroatoms. The lowest BCUT2D eigenvalue weighted by Crippen LogP contribution is -2.49. The van der Waals surface area contributed by atoms with Crippen LogP contribution < -0.4 is 15.2 Å². The lowest BCUT2D eigenvalue weighted by atomic mass is 9.80. The van der Waals surface area contributed by atoms with Crippen molar-refractivity contribution in [2.75, 3.05) is 31.7 Å². The average Bonchev–Trinajstić information content (AvgIpc) is 2.40. The molecule has 1 aromatic carbocycles. The van der Waals surface area contributed by atoms with Crippen LogP contribution in [0.4, 0.5) is 5.69 Å². The van der Waals surface area contributed by atoms with Crippen molar-refractivity contribution in [1.82, 2.24) is 4.72 Å². The fourth-order valence-electron chi connectivity index (χ4n) is 2.21. The third-order valence-corrected chi connectivity index (χ3v) is 5.13. The minimum absolute atomic E-state index is 0.0591. The first-order valence-corrected chi connectivity index (χ1v) is 8.61. The van der Waals surface area contributed by atoms with E-state index in [4.69, 9.17) is 15.2 Å². The summed E-state index contributed by atoms with van der Waals surface area (Å²) >= 11 is 0. The van der Waals surface area contributed by atoms with Gasteiger partial charge in [0.1, 0.15) is 12.4 Å². The Hall–Kier alpha value is -1.31. The molecule has 1 fully saturated rings. The molecule has 1 aliphatic rings. The Kier molecular flexibility index (Phi) is 5.08. The number of sulfonamides is 1. The average molecular weight is 314 g/mol. The number of benzene rings is 1. The molecule has 0 atom stereocenters. The molecule has 3 N–H and O–H groups in total. The van der Waals surface area contributed by atoms with E-state index in [1.165, 1.54) is 0 Å². The zero-order chi connectivity index (χ0) is 15.3. The largest absolute Gasteiger partial charge is 0.490 e. The predicted octanol–water partition coefficient (Wildman–Crippen LogP) is 1.14. The van der Waals surface area contributed by atoms with E-state index in [2.05, 4.69) is 4.72 Å². The Bertz CT molecular complexity index is 565. The van der Waals surface area contributed by atoms with Gasteiger partial charge in [0.15, 0.2) is 0 Å². The van der Waals surface area contributed by atoms with E-state index in [1.807, 2.05) is 0 Å². The van der Waals surface area contributed by atoms with Crippen molar-refractivity contribution >= 4 is 15.7 Å². The van der Waals surface area contributed by atoms with Gasteiger partial charge in [0.25, 0.3) is 0 Å². The molecule has 0 radical (unpaired) electrons. The van der Waals surface area contributed by atoms with Crippen LogP contribution in [0.25, 0.3) is 0 Å². The van der Waals surface area contributed by atoms with Crippen molar-refractivity contribution in [3.63, 3.8) is 0 Å². The number of nitrogens with one attached hydrogen (secondary N) is 1. The van der Waals surface area contributed by atoms with Crippen LogP contribution in [-0.4, -0.2) is 40.0 Å². The van der Waals surface area contributed by atoms with Gasteiger partial charge in [-0.3, -0.25) is 0 Å². The highest BCUT2D eigenvalue weighted by atomic mass is 32.2. The zero-order valence-corrected chi connectivity index (χ0v) is 13.0. The summed E-state index contributed by atoms with van der Waals surface area (Å²) in [7, 11) is -1.76. The molecular formula is C14H22N2O4S.